The first-order chi connectivity index (χ1) is 12.6. The molecule has 0 aromatic heterocycles. The van der Waals surface area contributed by atoms with E-state index in [2.05, 4.69) is 0 Å². The Balaban J connectivity index is 2.00. The fourth-order valence-corrected chi connectivity index (χ4v) is 3.30. The minimum absolute atomic E-state index is 0.0294. The number of rotatable bonds is 6. The fourth-order valence-electron chi connectivity index (χ4n) is 3.30. The monoisotopic (exact) mass is 385 g/mol. The molecular weight excluding hydrogens is 359 g/mol. The van der Waals surface area contributed by atoms with Gasteiger partial charge < -0.3 is 15.5 Å². The number of benzene rings is 1. The van der Waals surface area contributed by atoms with Gasteiger partial charge in [-0.3, -0.25) is 4.79 Å². The molecule has 1 unspecified atom stereocenters. The highest BCUT2D eigenvalue weighted by Gasteiger charge is 2.38. The van der Waals surface area contributed by atoms with Crippen LogP contribution in [0.1, 0.15) is 61.3 Å². The molecular formula is C20H26F3NO3. The second-order valence-corrected chi connectivity index (χ2v) is 7.23. The normalized spacial score (nSPS) is 18.4. The van der Waals surface area contributed by atoms with E-state index in [4.69, 9.17) is 0 Å². The van der Waals surface area contributed by atoms with E-state index in [9.17, 15) is 28.2 Å². The van der Waals surface area contributed by atoms with E-state index in [-0.39, 0.29) is 13.0 Å². The number of carbonyl (C=O) groups is 1. The van der Waals surface area contributed by atoms with Crippen LogP contribution < -0.4 is 5.32 Å². The van der Waals surface area contributed by atoms with Crippen LogP contribution in [0.4, 0.5) is 13.2 Å². The maximum absolute atomic E-state index is 12.2. The highest BCUT2D eigenvalue weighted by atomic mass is 19.4. The quantitative estimate of drug-likeness (QED) is 0.698. The number of aliphatic hydroxyl groups excluding tert-OH is 1. The molecule has 1 aliphatic carbocycles. The third-order valence-electron chi connectivity index (χ3n) is 4.77. The predicted octanol–water partition coefficient (Wildman–Crippen LogP) is 3.81. The van der Waals surface area contributed by atoms with Gasteiger partial charge in [-0.1, -0.05) is 49.1 Å². The zero-order chi connectivity index (χ0) is 20.1. The van der Waals surface area contributed by atoms with Gasteiger partial charge in [0.15, 0.2) is 0 Å². The molecule has 4 nitrogen and oxygen atoms in total. The fraction of sp³-hybridized carbons (Fsp3) is 0.550. The van der Waals surface area contributed by atoms with Gasteiger partial charge in [-0.2, -0.15) is 13.2 Å². The first-order valence-electron chi connectivity index (χ1n) is 9.15. The van der Waals surface area contributed by atoms with Crippen LogP contribution in [0.15, 0.2) is 24.3 Å². The third kappa shape index (κ3) is 6.66. The van der Waals surface area contributed by atoms with Crippen LogP contribution in [0.25, 0.3) is 6.08 Å². The maximum Gasteiger partial charge on any atom is 0.471 e. The number of halogens is 3. The lowest BCUT2D eigenvalue weighted by Crippen LogP contribution is -2.37. The van der Waals surface area contributed by atoms with Crippen LogP contribution in [0.2, 0.25) is 0 Å². The van der Waals surface area contributed by atoms with Gasteiger partial charge in [0.25, 0.3) is 0 Å². The molecule has 0 spiro atoms. The van der Waals surface area contributed by atoms with Gasteiger partial charge >= 0.3 is 12.1 Å². The van der Waals surface area contributed by atoms with Gasteiger partial charge in [-0.25, -0.2) is 0 Å². The summed E-state index contributed by atoms with van der Waals surface area (Å²) in [6, 6.07) is 5.40. The van der Waals surface area contributed by atoms with Crippen LogP contribution in [-0.2, 0) is 4.79 Å². The van der Waals surface area contributed by atoms with Crippen LogP contribution in [0, 0.1) is 6.92 Å². The van der Waals surface area contributed by atoms with Crippen LogP contribution >= 0.6 is 0 Å². The molecule has 1 amide bonds. The van der Waals surface area contributed by atoms with Crippen molar-refractivity contribution in [2.45, 2.75) is 63.3 Å². The van der Waals surface area contributed by atoms with Crippen molar-refractivity contribution in [3.63, 3.8) is 0 Å². The van der Waals surface area contributed by atoms with E-state index in [1.165, 1.54) is 0 Å². The number of nitrogens with one attached hydrogen (secondary N) is 1. The van der Waals surface area contributed by atoms with Crippen LogP contribution in [0.3, 0.4) is 0 Å². The second-order valence-electron chi connectivity index (χ2n) is 7.23. The van der Waals surface area contributed by atoms with Crippen molar-refractivity contribution >= 4 is 12.0 Å². The minimum Gasteiger partial charge on any atom is -0.388 e. The molecule has 0 heterocycles. The van der Waals surface area contributed by atoms with Gasteiger partial charge in [0.05, 0.1) is 11.7 Å². The number of carbonyl (C=O) groups excluding carboxylic acids is 1. The van der Waals surface area contributed by atoms with Crippen LogP contribution in [0.5, 0.6) is 0 Å². The van der Waals surface area contributed by atoms with E-state index in [0.29, 0.717) is 5.56 Å². The molecule has 2 rings (SSSR count). The third-order valence-corrected chi connectivity index (χ3v) is 4.77. The lowest BCUT2D eigenvalue weighted by Gasteiger charge is -2.28. The highest BCUT2D eigenvalue weighted by molar-refractivity contribution is 5.81. The molecule has 0 saturated heterocycles. The van der Waals surface area contributed by atoms with Gasteiger partial charge in [-0.15, -0.1) is 0 Å². The molecule has 0 aliphatic heterocycles. The van der Waals surface area contributed by atoms with Crippen molar-refractivity contribution in [2.75, 3.05) is 6.54 Å². The largest absolute Gasteiger partial charge is 0.471 e. The van der Waals surface area contributed by atoms with E-state index >= 15 is 0 Å². The van der Waals surface area contributed by atoms with Crippen molar-refractivity contribution in [3.05, 3.63) is 41.0 Å². The second kappa shape index (κ2) is 8.89. The molecule has 1 aliphatic rings. The summed E-state index contributed by atoms with van der Waals surface area (Å²) < 4.78 is 36.5. The summed E-state index contributed by atoms with van der Waals surface area (Å²) in [5.74, 6) is -2.01. The Bertz CT molecular complexity index is 680. The summed E-state index contributed by atoms with van der Waals surface area (Å²) in [6.07, 6.45) is 2.22. The summed E-state index contributed by atoms with van der Waals surface area (Å²) in [7, 11) is 0. The van der Waals surface area contributed by atoms with Crippen molar-refractivity contribution < 1.29 is 28.2 Å². The maximum atomic E-state index is 12.2. The van der Waals surface area contributed by atoms with Crippen molar-refractivity contribution in [1.82, 2.24) is 5.32 Å². The first kappa shape index (κ1) is 21.4. The molecule has 0 bridgehead atoms. The smallest absolute Gasteiger partial charge is 0.388 e. The van der Waals surface area contributed by atoms with Crippen molar-refractivity contribution in [2.24, 2.45) is 0 Å². The molecule has 1 saturated carbocycles. The summed E-state index contributed by atoms with van der Waals surface area (Å²) >= 11 is 0. The predicted molar refractivity (Wildman–Crippen MR) is 96.9 cm³/mol. The molecule has 1 aromatic carbocycles. The molecule has 1 atom stereocenters. The average molecular weight is 385 g/mol. The SMILES string of the molecule is Cc1cc(C=CC2(O)CCCCC2)cc(C(O)CCNC(=O)C(F)(F)F)c1. The number of amides is 1. The lowest BCUT2D eigenvalue weighted by molar-refractivity contribution is -0.173. The Morgan fingerprint density at radius 3 is 2.56 bits per heavy atom. The Kier molecular flexibility index (Phi) is 7.06. The summed E-state index contributed by atoms with van der Waals surface area (Å²) in [5.41, 5.74) is 1.46. The number of aryl methyl sites for hydroxylation is 1. The summed E-state index contributed by atoms with van der Waals surface area (Å²) in [5, 5.41) is 22.5. The molecule has 3 N–H and O–H groups in total. The van der Waals surface area contributed by atoms with Gasteiger partial charge in [0.1, 0.15) is 0 Å². The van der Waals surface area contributed by atoms with E-state index in [0.717, 1.165) is 43.2 Å². The molecule has 150 valence electrons. The van der Waals surface area contributed by atoms with Gasteiger partial charge in [0.2, 0.25) is 0 Å². The molecule has 1 fully saturated rings. The van der Waals surface area contributed by atoms with Gasteiger partial charge in [-0.05, 0) is 43.4 Å². The van der Waals surface area contributed by atoms with Crippen molar-refractivity contribution in [1.29, 1.82) is 0 Å². The zero-order valence-corrected chi connectivity index (χ0v) is 15.4. The number of alkyl halides is 3. The summed E-state index contributed by atoms with van der Waals surface area (Å²) in [6.45, 7) is 1.58. The average Bonchev–Trinajstić information content (AvgIpc) is 2.59. The molecule has 27 heavy (non-hydrogen) atoms. The van der Waals surface area contributed by atoms with Crippen molar-refractivity contribution in [3.8, 4) is 0 Å². The highest BCUT2D eigenvalue weighted by Crippen LogP contribution is 2.30. The Morgan fingerprint density at radius 1 is 1.26 bits per heavy atom. The zero-order valence-electron chi connectivity index (χ0n) is 15.4. The topological polar surface area (TPSA) is 69.6 Å². The van der Waals surface area contributed by atoms with Gasteiger partial charge in [0, 0.05) is 6.54 Å². The number of aliphatic hydroxyl groups is 2. The Hall–Kier alpha value is -1.86. The Morgan fingerprint density at radius 2 is 1.93 bits per heavy atom. The number of hydrogen-bond donors (Lipinski definition) is 3. The summed E-state index contributed by atoms with van der Waals surface area (Å²) in [4.78, 5) is 10.8. The van der Waals surface area contributed by atoms with E-state index in [1.807, 2.05) is 19.1 Å². The van der Waals surface area contributed by atoms with Crippen LogP contribution in [-0.4, -0.2) is 34.4 Å². The molecule has 0 radical (unpaired) electrons. The first-order valence-corrected chi connectivity index (χ1v) is 9.15. The van der Waals surface area contributed by atoms with E-state index < -0.39 is 23.8 Å². The number of hydrogen-bond acceptors (Lipinski definition) is 3. The van der Waals surface area contributed by atoms with E-state index in [1.54, 1.807) is 23.5 Å². The lowest BCUT2D eigenvalue weighted by atomic mass is 9.84. The minimum atomic E-state index is -4.92. The molecule has 1 aromatic rings. The molecule has 7 heteroatoms. The Labute approximate surface area is 157 Å². The standard InChI is InChI=1S/C20H26F3NO3/c1-14-11-15(5-9-19(27)7-3-2-4-8-19)13-16(12-14)17(25)6-10-24-18(26)20(21,22)23/h5,9,11-13,17,25,27H,2-4,6-8,10H2,1H3,(H,24,26).